The van der Waals surface area contributed by atoms with Crippen molar-refractivity contribution < 1.29 is 19.8 Å². The number of likely N-dealkylation sites (N-methyl/N-ethyl adjacent to an activating group) is 1. The number of aromatic nitrogens is 1. The van der Waals surface area contributed by atoms with Crippen LogP contribution in [0.3, 0.4) is 0 Å². The molecule has 0 saturated heterocycles. The lowest BCUT2D eigenvalue weighted by molar-refractivity contribution is -0.131. The lowest BCUT2D eigenvalue weighted by atomic mass is 10.1. The first-order valence-electron chi connectivity index (χ1n) is 5.70. The third-order valence-corrected chi connectivity index (χ3v) is 2.37. The Bertz CT molecular complexity index is 497. The highest BCUT2D eigenvalue weighted by atomic mass is 16.4. The summed E-state index contributed by atoms with van der Waals surface area (Å²) in [6.07, 6.45) is 4.51. The summed E-state index contributed by atoms with van der Waals surface area (Å²) < 4.78 is 0. The summed E-state index contributed by atoms with van der Waals surface area (Å²) in [6.45, 7) is 1.78. The van der Waals surface area contributed by atoms with Gasteiger partial charge in [0.05, 0.1) is 6.10 Å². The Balaban J connectivity index is 2.99. The number of aliphatic hydroxyl groups excluding tert-OH is 1. The standard InChI is InChI=1S/C13H16N2O4/c1-9(16)8-15(2)13(19)11-5-6-14-7-10(11)3-4-12(17)18/h3-7,9,16H,8H2,1-2H3,(H,17,18). The average molecular weight is 264 g/mol. The number of carboxylic acid groups (broad SMARTS) is 1. The molecule has 0 aliphatic carbocycles. The average Bonchev–Trinajstić information content (AvgIpc) is 2.35. The van der Waals surface area contributed by atoms with E-state index in [0.29, 0.717) is 11.1 Å². The molecule has 1 atom stereocenters. The van der Waals surface area contributed by atoms with Crippen LogP contribution in [-0.4, -0.2) is 51.7 Å². The molecule has 6 heteroatoms. The molecule has 1 unspecified atom stereocenters. The van der Waals surface area contributed by atoms with Gasteiger partial charge < -0.3 is 15.1 Å². The first kappa shape index (κ1) is 14.8. The molecule has 0 saturated carbocycles. The zero-order chi connectivity index (χ0) is 14.4. The van der Waals surface area contributed by atoms with Crippen LogP contribution in [0.2, 0.25) is 0 Å². The van der Waals surface area contributed by atoms with Crippen LogP contribution in [0.15, 0.2) is 24.5 Å². The van der Waals surface area contributed by atoms with Crippen LogP contribution in [0.1, 0.15) is 22.8 Å². The summed E-state index contributed by atoms with van der Waals surface area (Å²) in [7, 11) is 1.57. The molecule has 0 aliphatic heterocycles. The number of carboxylic acids is 1. The van der Waals surface area contributed by atoms with Crippen molar-refractivity contribution in [2.45, 2.75) is 13.0 Å². The van der Waals surface area contributed by atoms with Gasteiger partial charge in [0.15, 0.2) is 0 Å². The maximum Gasteiger partial charge on any atom is 0.328 e. The Kier molecular flexibility index (Phi) is 5.20. The minimum atomic E-state index is -1.10. The number of nitrogens with zero attached hydrogens (tertiary/aromatic N) is 2. The lowest BCUT2D eigenvalue weighted by Crippen LogP contribution is -2.33. The Morgan fingerprint density at radius 1 is 1.53 bits per heavy atom. The second-order valence-electron chi connectivity index (χ2n) is 4.17. The molecule has 1 heterocycles. The van der Waals surface area contributed by atoms with E-state index in [2.05, 4.69) is 4.98 Å². The second-order valence-corrected chi connectivity index (χ2v) is 4.17. The zero-order valence-corrected chi connectivity index (χ0v) is 10.8. The summed E-state index contributed by atoms with van der Waals surface area (Å²) in [6, 6.07) is 1.52. The van der Waals surface area contributed by atoms with Gasteiger partial charge >= 0.3 is 5.97 Å². The molecular formula is C13H16N2O4. The number of aliphatic hydroxyl groups is 1. The fraction of sp³-hybridized carbons (Fsp3) is 0.308. The molecule has 102 valence electrons. The van der Waals surface area contributed by atoms with Crippen LogP contribution >= 0.6 is 0 Å². The summed E-state index contributed by atoms with van der Waals surface area (Å²) in [5.41, 5.74) is 0.767. The predicted molar refractivity (Wildman–Crippen MR) is 69.5 cm³/mol. The van der Waals surface area contributed by atoms with Crippen molar-refractivity contribution in [1.82, 2.24) is 9.88 Å². The third kappa shape index (κ3) is 4.51. The van der Waals surface area contributed by atoms with Crippen LogP contribution in [-0.2, 0) is 4.79 Å². The molecule has 0 aromatic carbocycles. The van der Waals surface area contributed by atoms with Crippen molar-refractivity contribution in [3.63, 3.8) is 0 Å². The van der Waals surface area contributed by atoms with E-state index in [1.165, 1.54) is 29.4 Å². The van der Waals surface area contributed by atoms with E-state index in [1.807, 2.05) is 0 Å². The number of rotatable bonds is 5. The quantitative estimate of drug-likeness (QED) is 0.761. The smallest absolute Gasteiger partial charge is 0.328 e. The van der Waals surface area contributed by atoms with Crippen LogP contribution in [0.4, 0.5) is 0 Å². The van der Waals surface area contributed by atoms with Crippen molar-refractivity contribution >= 4 is 18.0 Å². The molecule has 2 N–H and O–H groups in total. The first-order valence-corrected chi connectivity index (χ1v) is 5.70. The molecule has 19 heavy (non-hydrogen) atoms. The van der Waals surface area contributed by atoms with Gasteiger partial charge in [-0.3, -0.25) is 9.78 Å². The van der Waals surface area contributed by atoms with Gasteiger partial charge in [-0.25, -0.2) is 4.79 Å². The summed E-state index contributed by atoms with van der Waals surface area (Å²) in [4.78, 5) is 27.9. The van der Waals surface area contributed by atoms with E-state index < -0.39 is 12.1 Å². The Morgan fingerprint density at radius 3 is 2.79 bits per heavy atom. The van der Waals surface area contributed by atoms with Gasteiger partial charge in [0.25, 0.3) is 5.91 Å². The number of amides is 1. The number of hydrogen-bond donors (Lipinski definition) is 2. The van der Waals surface area contributed by atoms with Crippen LogP contribution in [0.25, 0.3) is 6.08 Å². The summed E-state index contributed by atoms with van der Waals surface area (Å²) >= 11 is 0. The topological polar surface area (TPSA) is 90.7 Å². The van der Waals surface area contributed by atoms with Gasteiger partial charge in [0.2, 0.25) is 0 Å². The van der Waals surface area contributed by atoms with Crippen molar-refractivity contribution in [3.05, 3.63) is 35.7 Å². The normalized spacial score (nSPS) is 12.4. The van der Waals surface area contributed by atoms with Crippen molar-refractivity contribution in [3.8, 4) is 0 Å². The lowest BCUT2D eigenvalue weighted by Gasteiger charge is -2.19. The van der Waals surface area contributed by atoms with Crippen molar-refractivity contribution in [2.24, 2.45) is 0 Å². The number of aliphatic carboxylic acids is 1. The molecule has 1 amide bonds. The van der Waals surface area contributed by atoms with E-state index in [1.54, 1.807) is 14.0 Å². The highest BCUT2D eigenvalue weighted by Crippen LogP contribution is 2.12. The molecule has 1 aromatic rings. The van der Waals surface area contributed by atoms with Crippen LogP contribution < -0.4 is 0 Å². The largest absolute Gasteiger partial charge is 0.478 e. The Hall–Kier alpha value is -2.21. The molecule has 1 rings (SSSR count). The molecule has 0 bridgehead atoms. The van der Waals surface area contributed by atoms with E-state index in [9.17, 15) is 14.7 Å². The highest BCUT2D eigenvalue weighted by molar-refractivity contribution is 5.98. The molecular weight excluding hydrogens is 248 g/mol. The number of pyridine rings is 1. The molecule has 0 fully saturated rings. The monoisotopic (exact) mass is 264 g/mol. The maximum absolute atomic E-state index is 12.2. The molecule has 0 radical (unpaired) electrons. The van der Waals surface area contributed by atoms with Gasteiger partial charge in [-0.15, -0.1) is 0 Å². The van der Waals surface area contributed by atoms with Gasteiger partial charge in [0.1, 0.15) is 0 Å². The van der Waals surface area contributed by atoms with E-state index >= 15 is 0 Å². The van der Waals surface area contributed by atoms with Crippen LogP contribution in [0, 0.1) is 0 Å². The Morgan fingerprint density at radius 2 is 2.21 bits per heavy atom. The van der Waals surface area contributed by atoms with E-state index in [-0.39, 0.29) is 12.5 Å². The fourth-order valence-electron chi connectivity index (χ4n) is 1.58. The summed E-state index contributed by atoms with van der Waals surface area (Å²) in [5, 5.41) is 17.9. The van der Waals surface area contributed by atoms with Gasteiger partial charge in [0, 0.05) is 43.2 Å². The van der Waals surface area contributed by atoms with Gasteiger partial charge in [-0.2, -0.15) is 0 Å². The molecule has 6 nitrogen and oxygen atoms in total. The molecule has 0 aliphatic rings. The van der Waals surface area contributed by atoms with Crippen molar-refractivity contribution in [1.29, 1.82) is 0 Å². The van der Waals surface area contributed by atoms with E-state index in [0.717, 1.165) is 6.08 Å². The van der Waals surface area contributed by atoms with Gasteiger partial charge in [-0.05, 0) is 19.1 Å². The second kappa shape index (κ2) is 6.65. The molecule has 1 aromatic heterocycles. The van der Waals surface area contributed by atoms with E-state index in [4.69, 9.17) is 5.11 Å². The first-order chi connectivity index (χ1) is 8.91. The number of hydrogen-bond acceptors (Lipinski definition) is 4. The Labute approximate surface area is 111 Å². The van der Waals surface area contributed by atoms with Crippen LogP contribution in [0.5, 0.6) is 0 Å². The van der Waals surface area contributed by atoms with Crippen molar-refractivity contribution in [2.75, 3.05) is 13.6 Å². The zero-order valence-electron chi connectivity index (χ0n) is 10.8. The number of carbonyl (C=O) groups is 2. The minimum absolute atomic E-state index is 0.198. The highest BCUT2D eigenvalue weighted by Gasteiger charge is 2.16. The number of carbonyl (C=O) groups excluding carboxylic acids is 1. The fourth-order valence-corrected chi connectivity index (χ4v) is 1.58. The third-order valence-electron chi connectivity index (χ3n) is 2.37. The minimum Gasteiger partial charge on any atom is -0.478 e. The van der Waals surface area contributed by atoms with Gasteiger partial charge in [-0.1, -0.05) is 0 Å². The SMILES string of the molecule is CC(O)CN(C)C(=O)c1ccncc1C=CC(=O)O. The summed E-state index contributed by atoms with van der Waals surface area (Å²) in [5.74, 6) is -1.40. The predicted octanol–water partition coefficient (Wildman–Crippen LogP) is 0.632. The maximum atomic E-state index is 12.2. The molecule has 0 spiro atoms.